The molecule has 1 amide bonds. The van der Waals surface area contributed by atoms with E-state index in [1.54, 1.807) is 12.0 Å². The van der Waals surface area contributed by atoms with Crippen LogP contribution in [0.1, 0.15) is 12.0 Å². The number of ether oxygens (including phenoxy) is 2. The van der Waals surface area contributed by atoms with Gasteiger partial charge in [-0.15, -0.1) is 0 Å². The van der Waals surface area contributed by atoms with E-state index in [-0.39, 0.29) is 5.91 Å². The Morgan fingerprint density at radius 2 is 1.70 bits per heavy atom. The van der Waals surface area contributed by atoms with Gasteiger partial charge >= 0.3 is 0 Å². The van der Waals surface area contributed by atoms with Gasteiger partial charge in [0.15, 0.2) is 0 Å². The largest absolute Gasteiger partial charge is 0.497 e. The number of carbonyl (C=O) groups excluding carboxylic acids is 1. The van der Waals surface area contributed by atoms with Crippen molar-refractivity contribution in [1.82, 2.24) is 4.90 Å². The fourth-order valence-electron chi connectivity index (χ4n) is 2.18. The lowest BCUT2D eigenvalue weighted by Gasteiger charge is -2.17. The summed E-state index contributed by atoms with van der Waals surface area (Å²) in [5.41, 5.74) is 1.19. The Morgan fingerprint density at radius 3 is 2.35 bits per heavy atom. The van der Waals surface area contributed by atoms with Gasteiger partial charge in [-0.05, 0) is 36.2 Å². The molecule has 0 aromatic heterocycles. The van der Waals surface area contributed by atoms with Gasteiger partial charge in [0.05, 0.1) is 20.1 Å². The molecule has 122 valence electrons. The van der Waals surface area contributed by atoms with E-state index in [0.717, 1.165) is 17.9 Å². The zero-order valence-electron chi connectivity index (χ0n) is 13.7. The normalized spacial score (nSPS) is 10.2. The molecule has 0 N–H and O–H groups in total. The molecule has 2 aromatic rings. The van der Waals surface area contributed by atoms with Gasteiger partial charge in [0.1, 0.15) is 11.5 Å². The van der Waals surface area contributed by atoms with Crippen molar-refractivity contribution in [1.29, 1.82) is 0 Å². The fourth-order valence-corrected chi connectivity index (χ4v) is 2.18. The summed E-state index contributed by atoms with van der Waals surface area (Å²) in [5, 5.41) is 0. The SMILES string of the molecule is COc1ccc(CCN(C)C(=O)CCOc2ccccc2)cc1. The minimum Gasteiger partial charge on any atom is -0.497 e. The molecule has 2 rings (SSSR count). The quantitative estimate of drug-likeness (QED) is 0.751. The molecule has 0 spiro atoms. The third-order valence-corrected chi connectivity index (χ3v) is 3.65. The number of rotatable bonds is 8. The molecule has 0 radical (unpaired) electrons. The molecular formula is C19H23NO3. The number of hydrogen-bond acceptors (Lipinski definition) is 3. The number of carbonyl (C=O) groups is 1. The zero-order chi connectivity index (χ0) is 16.5. The maximum atomic E-state index is 12.1. The molecule has 0 unspecified atom stereocenters. The highest BCUT2D eigenvalue weighted by atomic mass is 16.5. The van der Waals surface area contributed by atoms with Gasteiger partial charge in [-0.3, -0.25) is 4.79 Å². The van der Waals surface area contributed by atoms with Crippen molar-refractivity contribution < 1.29 is 14.3 Å². The van der Waals surface area contributed by atoms with E-state index < -0.39 is 0 Å². The second kappa shape index (κ2) is 8.83. The Bertz CT molecular complexity index is 596. The van der Waals surface area contributed by atoms with Gasteiger partial charge in [-0.1, -0.05) is 30.3 Å². The standard InChI is InChI=1S/C19H23NO3/c1-20(14-12-16-8-10-17(22-2)11-9-16)19(21)13-15-23-18-6-4-3-5-7-18/h3-11H,12-15H2,1-2H3. The van der Waals surface area contributed by atoms with E-state index in [2.05, 4.69) is 0 Å². The summed E-state index contributed by atoms with van der Waals surface area (Å²) in [6, 6.07) is 17.5. The van der Waals surface area contributed by atoms with Crippen molar-refractivity contribution in [3.8, 4) is 11.5 Å². The minimum absolute atomic E-state index is 0.0921. The first-order valence-electron chi connectivity index (χ1n) is 7.74. The first-order valence-corrected chi connectivity index (χ1v) is 7.74. The van der Waals surface area contributed by atoms with Crippen molar-refractivity contribution in [3.63, 3.8) is 0 Å². The van der Waals surface area contributed by atoms with Crippen LogP contribution in [0.5, 0.6) is 11.5 Å². The molecule has 0 fully saturated rings. The van der Waals surface area contributed by atoms with Crippen molar-refractivity contribution in [2.24, 2.45) is 0 Å². The molecule has 2 aromatic carbocycles. The highest BCUT2D eigenvalue weighted by molar-refractivity contribution is 5.76. The number of amides is 1. The average Bonchev–Trinajstić information content (AvgIpc) is 2.61. The topological polar surface area (TPSA) is 38.8 Å². The van der Waals surface area contributed by atoms with Gasteiger partial charge in [0.25, 0.3) is 0 Å². The lowest BCUT2D eigenvalue weighted by molar-refractivity contribution is -0.130. The van der Waals surface area contributed by atoms with Gasteiger partial charge in [0, 0.05) is 13.6 Å². The van der Waals surface area contributed by atoms with Crippen molar-refractivity contribution in [2.75, 3.05) is 27.3 Å². The first-order chi connectivity index (χ1) is 11.2. The van der Waals surface area contributed by atoms with Crippen LogP contribution in [-0.2, 0) is 11.2 Å². The number of methoxy groups -OCH3 is 1. The van der Waals surface area contributed by atoms with Crippen LogP contribution >= 0.6 is 0 Å². The van der Waals surface area contributed by atoms with Crippen LogP contribution < -0.4 is 9.47 Å². The maximum Gasteiger partial charge on any atom is 0.225 e. The zero-order valence-corrected chi connectivity index (χ0v) is 13.7. The van der Waals surface area contributed by atoms with E-state index in [9.17, 15) is 4.79 Å². The second-order valence-corrected chi connectivity index (χ2v) is 5.32. The second-order valence-electron chi connectivity index (χ2n) is 5.32. The third kappa shape index (κ3) is 5.66. The van der Waals surface area contributed by atoms with Crippen LogP contribution in [0.3, 0.4) is 0 Å². The van der Waals surface area contributed by atoms with E-state index in [1.165, 1.54) is 5.56 Å². The monoisotopic (exact) mass is 313 g/mol. The number of hydrogen-bond donors (Lipinski definition) is 0. The highest BCUT2D eigenvalue weighted by Crippen LogP contribution is 2.12. The van der Waals surface area contributed by atoms with E-state index in [4.69, 9.17) is 9.47 Å². The molecule has 23 heavy (non-hydrogen) atoms. The Balaban J connectivity index is 1.69. The average molecular weight is 313 g/mol. The summed E-state index contributed by atoms with van der Waals surface area (Å²) in [7, 11) is 3.48. The van der Waals surface area contributed by atoms with Gasteiger partial charge in [-0.25, -0.2) is 0 Å². The molecular weight excluding hydrogens is 290 g/mol. The summed E-state index contributed by atoms with van der Waals surface area (Å²) >= 11 is 0. The summed E-state index contributed by atoms with van der Waals surface area (Å²) < 4.78 is 10.7. The molecule has 0 bridgehead atoms. The molecule has 0 aliphatic carbocycles. The number of para-hydroxylation sites is 1. The van der Waals surface area contributed by atoms with E-state index >= 15 is 0 Å². The fraction of sp³-hybridized carbons (Fsp3) is 0.316. The Kier molecular flexibility index (Phi) is 6.48. The summed E-state index contributed by atoms with van der Waals surface area (Å²) in [6.45, 7) is 1.09. The molecule has 0 aliphatic rings. The highest BCUT2D eigenvalue weighted by Gasteiger charge is 2.09. The predicted octanol–water partition coefficient (Wildman–Crippen LogP) is 3.17. The van der Waals surface area contributed by atoms with Gasteiger partial charge in [-0.2, -0.15) is 0 Å². The van der Waals surface area contributed by atoms with Crippen molar-refractivity contribution >= 4 is 5.91 Å². The van der Waals surface area contributed by atoms with Crippen LogP contribution in [0.2, 0.25) is 0 Å². The Hall–Kier alpha value is -2.49. The van der Waals surface area contributed by atoms with Crippen LogP contribution in [-0.4, -0.2) is 38.1 Å². The Morgan fingerprint density at radius 1 is 1.00 bits per heavy atom. The summed E-state index contributed by atoms with van der Waals surface area (Å²) in [6.07, 6.45) is 1.21. The molecule has 0 saturated carbocycles. The summed E-state index contributed by atoms with van der Waals surface area (Å²) in [5.74, 6) is 1.73. The number of nitrogens with zero attached hydrogens (tertiary/aromatic N) is 1. The molecule has 0 heterocycles. The lowest BCUT2D eigenvalue weighted by atomic mass is 10.1. The number of likely N-dealkylation sites (N-methyl/N-ethyl adjacent to an activating group) is 1. The lowest BCUT2D eigenvalue weighted by Crippen LogP contribution is -2.29. The van der Waals surface area contributed by atoms with Gasteiger partial charge in [0.2, 0.25) is 5.91 Å². The maximum absolute atomic E-state index is 12.1. The third-order valence-electron chi connectivity index (χ3n) is 3.65. The smallest absolute Gasteiger partial charge is 0.225 e. The number of benzene rings is 2. The van der Waals surface area contributed by atoms with E-state index in [0.29, 0.717) is 19.6 Å². The molecule has 0 atom stereocenters. The van der Waals surface area contributed by atoms with Gasteiger partial charge < -0.3 is 14.4 Å². The first kappa shape index (κ1) is 16.9. The molecule has 4 nitrogen and oxygen atoms in total. The molecule has 0 aliphatic heterocycles. The van der Waals surface area contributed by atoms with Crippen LogP contribution in [0.25, 0.3) is 0 Å². The minimum atomic E-state index is 0.0921. The summed E-state index contributed by atoms with van der Waals surface area (Å²) in [4.78, 5) is 13.8. The van der Waals surface area contributed by atoms with Crippen LogP contribution in [0.15, 0.2) is 54.6 Å². The van der Waals surface area contributed by atoms with E-state index in [1.807, 2.05) is 61.6 Å². The molecule has 0 saturated heterocycles. The van der Waals surface area contributed by atoms with Crippen LogP contribution in [0.4, 0.5) is 0 Å². The van der Waals surface area contributed by atoms with Crippen LogP contribution in [0, 0.1) is 0 Å². The van der Waals surface area contributed by atoms with Crippen molar-refractivity contribution in [2.45, 2.75) is 12.8 Å². The Labute approximate surface area is 137 Å². The molecule has 4 heteroatoms. The van der Waals surface area contributed by atoms with Crippen molar-refractivity contribution in [3.05, 3.63) is 60.2 Å². The predicted molar refractivity (Wildman–Crippen MR) is 90.9 cm³/mol.